The highest BCUT2D eigenvalue weighted by atomic mass is 16.1. The number of hydrogen-bond donors (Lipinski definition) is 1. The predicted molar refractivity (Wildman–Crippen MR) is 59.1 cm³/mol. The van der Waals surface area contributed by atoms with Crippen LogP contribution in [-0.4, -0.2) is 10.9 Å². The Hall–Kier alpha value is -1.82. The molecule has 1 aromatic rings. The van der Waals surface area contributed by atoms with Crippen molar-refractivity contribution in [1.82, 2.24) is 4.98 Å². The van der Waals surface area contributed by atoms with Gasteiger partial charge in [-0.25, -0.2) is 4.98 Å². The van der Waals surface area contributed by atoms with Crippen molar-refractivity contribution in [3.05, 3.63) is 29.6 Å². The van der Waals surface area contributed by atoms with E-state index in [-0.39, 0.29) is 5.41 Å². The van der Waals surface area contributed by atoms with Gasteiger partial charge in [0, 0.05) is 11.6 Å². The van der Waals surface area contributed by atoms with Crippen LogP contribution in [0.1, 0.15) is 36.8 Å². The third-order valence-electron chi connectivity index (χ3n) is 1.63. The van der Waals surface area contributed by atoms with E-state index in [4.69, 9.17) is 5.73 Å². The lowest BCUT2D eigenvalue weighted by Gasteiger charge is -2.07. The number of carbonyl (C=O) groups excluding carboxylic acids is 1. The normalized spacial score (nSPS) is 10.3. The Labute approximate surface area is 89.7 Å². The minimum absolute atomic E-state index is 0.119. The van der Waals surface area contributed by atoms with E-state index in [2.05, 4.69) is 16.8 Å². The zero-order valence-corrected chi connectivity index (χ0v) is 9.16. The third-order valence-corrected chi connectivity index (χ3v) is 1.63. The van der Waals surface area contributed by atoms with Crippen LogP contribution in [0.3, 0.4) is 0 Å². The van der Waals surface area contributed by atoms with Gasteiger partial charge in [-0.3, -0.25) is 4.79 Å². The maximum Gasteiger partial charge on any atom is 0.251 e. The lowest BCUT2D eigenvalue weighted by atomic mass is 9.97. The fourth-order valence-electron chi connectivity index (χ4n) is 0.950. The summed E-state index contributed by atoms with van der Waals surface area (Å²) >= 11 is 0. The largest absolute Gasteiger partial charge is 0.366 e. The summed E-state index contributed by atoms with van der Waals surface area (Å²) in [4.78, 5) is 15.1. The van der Waals surface area contributed by atoms with Gasteiger partial charge >= 0.3 is 0 Å². The summed E-state index contributed by atoms with van der Waals surface area (Å²) in [5.41, 5.74) is 5.90. The molecule has 0 aliphatic heterocycles. The minimum Gasteiger partial charge on any atom is -0.366 e. The van der Waals surface area contributed by atoms with Crippen molar-refractivity contribution in [2.24, 2.45) is 11.1 Å². The van der Waals surface area contributed by atoms with Crippen molar-refractivity contribution in [3.63, 3.8) is 0 Å². The molecule has 0 aliphatic carbocycles. The summed E-state index contributed by atoms with van der Waals surface area (Å²) in [7, 11) is 0. The SMILES string of the molecule is CC(C)(C)C#Cc1ncccc1C(N)=O. The van der Waals surface area contributed by atoms with Gasteiger partial charge in [-0.05, 0) is 38.8 Å². The Morgan fingerprint density at radius 3 is 2.67 bits per heavy atom. The Balaban J connectivity index is 3.14. The predicted octanol–water partition coefficient (Wildman–Crippen LogP) is 1.58. The molecule has 0 unspecified atom stereocenters. The highest BCUT2D eigenvalue weighted by Crippen LogP contribution is 2.11. The van der Waals surface area contributed by atoms with Gasteiger partial charge in [-0.15, -0.1) is 0 Å². The molecule has 15 heavy (non-hydrogen) atoms. The number of amides is 1. The first-order chi connectivity index (χ1) is 6.90. The first-order valence-electron chi connectivity index (χ1n) is 4.68. The summed E-state index contributed by atoms with van der Waals surface area (Å²) in [6.07, 6.45) is 1.60. The molecule has 0 atom stereocenters. The molecule has 0 radical (unpaired) electrons. The Morgan fingerprint density at radius 1 is 1.47 bits per heavy atom. The summed E-state index contributed by atoms with van der Waals surface area (Å²) in [5.74, 6) is 5.39. The molecule has 1 aromatic heterocycles. The number of hydrogen-bond acceptors (Lipinski definition) is 2. The van der Waals surface area contributed by atoms with Crippen molar-refractivity contribution < 1.29 is 4.79 Å². The van der Waals surface area contributed by atoms with Crippen LogP contribution >= 0.6 is 0 Å². The van der Waals surface area contributed by atoms with Crippen molar-refractivity contribution >= 4 is 5.91 Å². The molecular weight excluding hydrogens is 188 g/mol. The van der Waals surface area contributed by atoms with Crippen molar-refractivity contribution in [2.75, 3.05) is 0 Å². The van der Waals surface area contributed by atoms with Gasteiger partial charge in [0.15, 0.2) is 0 Å². The van der Waals surface area contributed by atoms with Crippen LogP contribution in [0.2, 0.25) is 0 Å². The zero-order chi connectivity index (χ0) is 11.5. The number of nitrogens with two attached hydrogens (primary N) is 1. The average Bonchev–Trinajstić information content (AvgIpc) is 2.14. The van der Waals surface area contributed by atoms with Gasteiger partial charge in [-0.1, -0.05) is 5.92 Å². The molecule has 1 rings (SSSR count). The standard InChI is InChI=1S/C12H14N2O/c1-12(2,3)7-6-10-9(11(13)15)5-4-8-14-10/h4-5,8H,1-3H3,(H2,13,15). The molecule has 0 aliphatic rings. The molecule has 0 aromatic carbocycles. The van der Waals surface area contributed by atoms with Crippen LogP contribution in [0.4, 0.5) is 0 Å². The monoisotopic (exact) mass is 202 g/mol. The first-order valence-corrected chi connectivity index (χ1v) is 4.68. The van der Waals surface area contributed by atoms with Crippen LogP contribution in [-0.2, 0) is 0 Å². The number of aromatic nitrogens is 1. The zero-order valence-electron chi connectivity index (χ0n) is 9.16. The topological polar surface area (TPSA) is 56.0 Å². The van der Waals surface area contributed by atoms with E-state index in [1.807, 2.05) is 20.8 Å². The molecule has 0 bridgehead atoms. The van der Waals surface area contributed by atoms with Crippen LogP contribution in [0.25, 0.3) is 0 Å². The summed E-state index contributed by atoms with van der Waals surface area (Å²) in [6.45, 7) is 5.98. The average molecular weight is 202 g/mol. The van der Waals surface area contributed by atoms with E-state index in [0.29, 0.717) is 11.3 Å². The van der Waals surface area contributed by atoms with Gasteiger partial charge in [0.25, 0.3) is 5.91 Å². The number of carbonyl (C=O) groups is 1. The molecule has 0 saturated heterocycles. The quantitative estimate of drug-likeness (QED) is 0.703. The number of rotatable bonds is 1. The summed E-state index contributed by atoms with van der Waals surface area (Å²) in [5, 5.41) is 0. The molecule has 1 amide bonds. The summed E-state index contributed by atoms with van der Waals surface area (Å²) < 4.78 is 0. The van der Waals surface area contributed by atoms with Crippen LogP contribution in [0.5, 0.6) is 0 Å². The Bertz CT molecular complexity index is 433. The van der Waals surface area contributed by atoms with E-state index in [9.17, 15) is 4.79 Å². The molecule has 2 N–H and O–H groups in total. The molecule has 3 heteroatoms. The van der Waals surface area contributed by atoms with E-state index in [1.165, 1.54) is 0 Å². The smallest absolute Gasteiger partial charge is 0.251 e. The molecule has 78 valence electrons. The Morgan fingerprint density at radius 2 is 2.13 bits per heavy atom. The molecule has 0 spiro atoms. The number of pyridine rings is 1. The fourth-order valence-corrected chi connectivity index (χ4v) is 0.950. The molecular formula is C12H14N2O. The molecule has 3 nitrogen and oxygen atoms in total. The van der Waals surface area contributed by atoms with Gasteiger partial charge in [-0.2, -0.15) is 0 Å². The lowest BCUT2D eigenvalue weighted by molar-refractivity contribution is 0.0999. The second-order valence-corrected chi connectivity index (χ2v) is 4.26. The molecule has 0 fully saturated rings. The van der Waals surface area contributed by atoms with Crippen molar-refractivity contribution in [3.8, 4) is 11.8 Å². The van der Waals surface area contributed by atoms with Crippen molar-refractivity contribution in [1.29, 1.82) is 0 Å². The molecule has 1 heterocycles. The second kappa shape index (κ2) is 4.14. The third kappa shape index (κ3) is 3.43. The minimum atomic E-state index is -0.499. The lowest BCUT2D eigenvalue weighted by Crippen LogP contribution is -2.13. The van der Waals surface area contributed by atoms with E-state index >= 15 is 0 Å². The van der Waals surface area contributed by atoms with E-state index < -0.39 is 5.91 Å². The van der Waals surface area contributed by atoms with E-state index in [1.54, 1.807) is 18.3 Å². The maximum atomic E-state index is 11.1. The number of nitrogens with zero attached hydrogens (tertiary/aromatic N) is 1. The van der Waals surface area contributed by atoms with E-state index in [0.717, 1.165) is 0 Å². The summed E-state index contributed by atoms with van der Waals surface area (Å²) in [6, 6.07) is 3.30. The van der Waals surface area contributed by atoms with Gasteiger partial charge in [0.05, 0.1) is 5.56 Å². The van der Waals surface area contributed by atoms with Gasteiger partial charge in [0.1, 0.15) is 5.69 Å². The maximum absolute atomic E-state index is 11.1. The van der Waals surface area contributed by atoms with Gasteiger partial charge in [0.2, 0.25) is 0 Å². The Kier molecular flexibility index (Phi) is 3.11. The van der Waals surface area contributed by atoms with Crippen molar-refractivity contribution in [2.45, 2.75) is 20.8 Å². The second-order valence-electron chi connectivity index (χ2n) is 4.26. The number of primary amides is 1. The highest BCUT2D eigenvalue weighted by molar-refractivity contribution is 5.94. The molecule has 0 saturated carbocycles. The highest BCUT2D eigenvalue weighted by Gasteiger charge is 2.08. The van der Waals surface area contributed by atoms with Crippen LogP contribution in [0.15, 0.2) is 18.3 Å². The first kappa shape index (κ1) is 11.3. The van der Waals surface area contributed by atoms with Crippen LogP contribution < -0.4 is 5.73 Å². The van der Waals surface area contributed by atoms with Crippen LogP contribution in [0, 0.1) is 17.3 Å². The fraction of sp³-hybridized carbons (Fsp3) is 0.333. The van der Waals surface area contributed by atoms with Gasteiger partial charge < -0.3 is 5.73 Å².